The highest BCUT2D eigenvalue weighted by molar-refractivity contribution is 9.10. The smallest absolute Gasteiger partial charge is 0.211 e. The molecule has 0 saturated carbocycles. The molecule has 1 aromatic carbocycles. The van der Waals surface area contributed by atoms with Crippen LogP contribution in [0.3, 0.4) is 0 Å². The van der Waals surface area contributed by atoms with Crippen LogP contribution < -0.4 is 5.32 Å². The molecule has 0 bridgehead atoms. The second-order valence-corrected chi connectivity index (χ2v) is 4.74. The van der Waals surface area contributed by atoms with Crippen LogP contribution in [0.5, 0.6) is 0 Å². The second kappa shape index (κ2) is 5.63. The van der Waals surface area contributed by atoms with Crippen LogP contribution in [0.2, 0.25) is 0 Å². The summed E-state index contributed by atoms with van der Waals surface area (Å²) < 4.78 is 19.5. The van der Waals surface area contributed by atoms with Gasteiger partial charge in [0.05, 0.1) is 16.7 Å². The van der Waals surface area contributed by atoms with Crippen molar-refractivity contribution in [3.8, 4) is 11.3 Å². The van der Waals surface area contributed by atoms with Crippen molar-refractivity contribution < 1.29 is 8.81 Å². The molecule has 96 valence electrons. The van der Waals surface area contributed by atoms with Gasteiger partial charge in [-0.3, -0.25) is 0 Å². The Morgan fingerprint density at radius 3 is 3.00 bits per heavy atom. The molecule has 1 aromatic heterocycles. The van der Waals surface area contributed by atoms with Crippen LogP contribution in [-0.2, 0) is 0 Å². The summed E-state index contributed by atoms with van der Waals surface area (Å²) >= 11 is 3.22. The van der Waals surface area contributed by atoms with E-state index in [1.165, 1.54) is 6.07 Å². The molecule has 0 aliphatic heterocycles. The van der Waals surface area contributed by atoms with E-state index in [1.807, 2.05) is 13.8 Å². The van der Waals surface area contributed by atoms with Crippen LogP contribution >= 0.6 is 15.9 Å². The van der Waals surface area contributed by atoms with Crippen LogP contribution in [0.1, 0.15) is 25.8 Å². The number of nitrogens with one attached hydrogen (secondary N) is 1. The zero-order valence-corrected chi connectivity index (χ0v) is 11.8. The van der Waals surface area contributed by atoms with E-state index in [0.717, 1.165) is 6.54 Å². The van der Waals surface area contributed by atoms with E-state index in [2.05, 4.69) is 26.2 Å². The molecule has 2 aromatic rings. The summed E-state index contributed by atoms with van der Waals surface area (Å²) in [7, 11) is 0. The Hall–Kier alpha value is -1.20. The summed E-state index contributed by atoms with van der Waals surface area (Å²) in [5, 5.41) is 3.21. The highest BCUT2D eigenvalue weighted by Crippen LogP contribution is 2.31. The molecule has 1 atom stereocenters. The molecule has 1 heterocycles. The van der Waals surface area contributed by atoms with Gasteiger partial charge in [-0.15, -0.1) is 0 Å². The SMILES string of the molecule is CCNC(C)c1ncc(-c2cccc(F)c2Br)o1. The van der Waals surface area contributed by atoms with E-state index >= 15 is 0 Å². The summed E-state index contributed by atoms with van der Waals surface area (Å²) in [5.74, 6) is 0.842. The molecular weight excluding hydrogens is 299 g/mol. The fraction of sp³-hybridized carbons (Fsp3) is 0.308. The summed E-state index contributed by atoms with van der Waals surface area (Å²) in [6.07, 6.45) is 1.61. The maximum atomic E-state index is 13.4. The topological polar surface area (TPSA) is 38.1 Å². The first-order valence-electron chi connectivity index (χ1n) is 5.77. The maximum Gasteiger partial charge on any atom is 0.211 e. The Bertz CT molecular complexity index is 542. The standard InChI is InChI=1S/C13H14BrFN2O/c1-3-16-8(2)13-17-7-11(18-13)9-5-4-6-10(15)12(9)14/h4-8,16H,3H2,1-2H3. The van der Waals surface area contributed by atoms with E-state index < -0.39 is 0 Å². The predicted molar refractivity (Wildman–Crippen MR) is 71.7 cm³/mol. The molecule has 18 heavy (non-hydrogen) atoms. The van der Waals surface area contributed by atoms with Crippen LogP contribution in [0.25, 0.3) is 11.3 Å². The van der Waals surface area contributed by atoms with Gasteiger partial charge >= 0.3 is 0 Å². The van der Waals surface area contributed by atoms with Crippen LogP contribution in [0.4, 0.5) is 4.39 Å². The van der Waals surface area contributed by atoms with Crippen molar-refractivity contribution in [1.29, 1.82) is 0 Å². The first kappa shape index (κ1) is 13.2. The fourth-order valence-electron chi connectivity index (χ4n) is 1.70. The van der Waals surface area contributed by atoms with Gasteiger partial charge in [-0.05, 0) is 41.5 Å². The molecule has 3 nitrogen and oxygen atoms in total. The molecule has 1 unspecified atom stereocenters. The Labute approximate surface area is 114 Å². The molecule has 0 fully saturated rings. The first-order valence-corrected chi connectivity index (χ1v) is 6.56. The molecule has 0 spiro atoms. The summed E-state index contributed by atoms with van der Waals surface area (Å²) in [6, 6.07) is 4.86. The Morgan fingerprint density at radius 1 is 1.50 bits per heavy atom. The average molecular weight is 313 g/mol. The predicted octanol–water partition coefficient (Wildman–Crippen LogP) is 3.91. The van der Waals surface area contributed by atoms with Gasteiger partial charge in [0, 0.05) is 5.56 Å². The van der Waals surface area contributed by atoms with E-state index in [-0.39, 0.29) is 11.9 Å². The quantitative estimate of drug-likeness (QED) is 0.930. The molecule has 1 N–H and O–H groups in total. The lowest BCUT2D eigenvalue weighted by Gasteiger charge is -2.07. The van der Waals surface area contributed by atoms with Crippen LogP contribution in [0, 0.1) is 5.82 Å². The van der Waals surface area contributed by atoms with E-state index in [0.29, 0.717) is 21.7 Å². The molecular formula is C13H14BrFN2O. The number of halogens is 2. The minimum absolute atomic E-state index is 0.0380. The van der Waals surface area contributed by atoms with E-state index in [1.54, 1.807) is 18.3 Å². The van der Waals surface area contributed by atoms with Gasteiger partial charge in [0.25, 0.3) is 0 Å². The lowest BCUT2D eigenvalue weighted by molar-refractivity contribution is 0.428. The largest absolute Gasteiger partial charge is 0.439 e. The minimum Gasteiger partial charge on any atom is -0.439 e. The van der Waals surface area contributed by atoms with Gasteiger partial charge in [-0.2, -0.15) is 0 Å². The molecule has 0 aliphatic rings. The lowest BCUT2D eigenvalue weighted by Crippen LogP contribution is -2.17. The average Bonchev–Trinajstić information content (AvgIpc) is 2.82. The third kappa shape index (κ3) is 2.62. The van der Waals surface area contributed by atoms with Crippen molar-refractivity contribution in [3.05, 3.63) is 40.6 Å². The summed E-state index contributed by atoms with van der Waals surface area (Å²) in [5.41, 5.74) is 0.664. The number of aromatic nitrogens is 1. The number of hydrogen-bond acceptors (Lipinski definition) is 3. The molecule has 0 aliphatic carbocycles. The number of oxazole rings is 1. The van der Waals surface area contributed by atoms with Gasteiger partial charge in [0.2, 0.25) is 5.89 Å². The van der Waals surface area contributed by atoms with Crippen molar-refractivity contribution >= 4 is 15.9 Å². The Balaban J connectivity index is 2.32. The Kier molecular flexibility index (Phi) is 4.14. The van der Waals surface area contributed by atoms with Crippen molar-refractivity contribution in [1.82, 2.24) is 10.3 Å². The van der Waals surface area contributed by atoms with Crippen molar-refractivity contribution in [2.24, 2.45) is 0 Å². The molecule has 5 heteroatoms. The summed E-state index contributed by atoms with van der Waals surface area (Å²) in [4.78, 5) is 4.21. The van der Waals surface area contributed by atoms with E-state index in [9.17, 15) is 4.39 Å². The molecule has 2 rings (SSSR count). The van der Waals surface area contributed by atoms with Gasteiger partial charge < -0.3 is 9.73 Å². The van der Waals surface area contributed by atoms with Crippen molar-refractivity contribution in [2.75, 3.05) is 6.54 Å². The van der Waals surface area contributed by atoms with Crippen molar-refractivity contribution in [2.45, 2.75) is 19.9 Å². The monoisotopic (exact) mass is 312 g/mol. The van der Waals surface area contributed by atoms with Gasteiger partial charge in [0.15, 0.2) is 5.76 Å². The number of rotatable bonds is 4. The van der Waals surface area contributed by atoms with Crippen LogP contribution in [0.15, 0.2) is 33.3 Å². The molecule has 0 saturated heterocycles. The lowest BCUT2D eigenvalue weighted by atomic mass is 10.2. The third-order valence-electron chi connectivity index (χ3n) is 2.62. The van der Waals surface area contributed by atoms with Crippen LogP contribution in [-0.4, -0.2) is 11.5 Å². The highest BCUT2D eigenvalue weighted by atomic mass is 79.9. The molecule has 0 radical (unpaired) electrons. The van der Waals surface area contributed by atoms with E-state index in [4.69, 9.17) is 4.42 Å². The van der Waals surface area contributed by atoms with Gasteiger partial charge in [-0.1, -0.05) is 13.0 Å². The first-order chi connectivity index (χ1) is 8.63. The van der Waals surface area contributed by atoms with Gasteiger partial charge in [-0.25, -0.2) is 9.37 Å². The maximum absolute atomic E-state index is 13.4. The third-order valence-corrected chi connectivity index (χ3v) is 3.43. The minimum atomic E-state index is -0.315. The number of nitrogens with zero attached hydrogens (tertiary/aromatic N) is 1. The summed E-state index contributed by atoms with van der Waals surface area (Å²) in [6.45, 7) is 4.83. The van der Waals surface area contributed by atoms with Crippen molar-refractivity contribution in [3.63, 3.8) is 0 Å². The van der Waals surface area contributed by atoms with Gasteiger partial charge in [0.1, 0.15) is 5.82 Å². The molecule has 0 amide bonds. The zero-order chi connectivity index (χ0) is 13.1. The fourth-order valence-corrected chi connectivity index (χ4v) is 2.16. The number of hydrogen-bond donors (Lipinski definition) is 1. The zero-order valence-electron chi connectivity index (χ0n) is 10.2. The second-order valence-electron chi connectivity index (χ2n) is 3.94. The Morgan fingerprint density at radius 2 is 2.28 bits per heavy atom. The number of benzene rings is 1. The highest BCUT2D eigenvalue weighted by Gasteiger charge is 2.15. The normalized spacial score (nSPS) is 12.7.